The number of fused-ring (bicyclic) bond motifs is 1. The van der Waals surface area contributed by atoms with Crippen LogP contribution in [0.2, 0.25) is 0 Å². The quantitative estimate of drug-likeness (QED) is 0.524. The van der Waals surface area contributed by atoms with Gasteiger partial charge < -0.3 is 4.90 Å². The van der Waals surface area contributed by atoms with Crippen LogP contribution in [0.4, 0.5) is 0 Å². The Morgan fingerprint density at radius 3 is 2.57 bits per heavy atom. The maximum Gasteiger partial charge on any atom is 0.177 e. The van der Waals surface area contributed by atoms with Crippen LogP contribution >= 0.6 is 0 Å². The normalized spacial score (nSPS) is 16.0. The van der Waals surface area contributed by atoms with Crippen molar-refractivity contribution in [2.75, 3.05) is 19.6 Å². The lowest BCUT2D eigenvalue weighted by atomic mass is 9.96. The minimum Gasteiger partial charge on any atom is -0.301 e. The third-order valence-corrected chi connectivity index (χ3v) is 5.28. The van der Waals surface area contributed by atoms with Crippen LogP contribution in [0.1, 0.15) is 24.6 Å². The zero-order valence-corrected chi connectivity index (χ0v) is 15.5. The first-order valence-corrected chi connectivity index (χ1v) is 9.56. The van der Waals surface area contributed by atoms with Gasteiger partial charge in [0.15, 0.2) is 11.5 Å². The second-order valence-corrected chi connectivity index (χ2v) is 7.03. The Morgan fingerprint density at radius 1 is 0.929 bits per heavy atom. The Hall–Kier alpha value is -3.20. The molecular formula is C19H21N9. The van der Waals surface area contributed by atoms with Crippen LogP contribution < -0.4 is 0 Å². The second kappa shape index (κ2) is 7.43. The molecule has 5 heterocycles. The standard InChI is InChI=1S/C19H21N9/c1-2-16(14-20-7-1)17-3-4-18-23-24-19(28(18)25-17)15-5-10-26(11-6-15)12-13-27-21-8-9-22-27/h1-4,7-9,14-15H,5-6,10-13H2. The Kier molecular flexibility index (Phi) is 4.50. The molecule has 28 heavy (non-hydrogen) atoms. The summed E-state index contributed by atoms with van der Waals surface area (Å²) in [6.07, 6.45) is 9.12. The van der Waals surface area contributed by atoms with E-state index in [2.05, 4.69) is 30.3 Å². The SMILES string of the molecule is c1cncc(-c2ccc3nnc(C4CCN(CCn5nccn5)CC4)n3n2)c1. The van der Waals surface area contributed by atoms with E-state index in [1.165, 1.54) is 0 Å². The lowest BCUT2D eigenvalue weighted by molar-refractivity contribution is 0.196. The minimum absolute atomic E-state index is 0.366. The molecule has 142 valence electrons. The fourth-order valence-corrected chi connectivity index (χ4v) is 3.73. The molecule has 0 amide bonds. The highest BCUT2D eigenvalue weighted by Gasteiger charge is 2.25. The van der Waals surface area contributed by atoms with Crippen molar-refractivity contribution in [1.82, 2.24) is 44.7 Å². The van der Waals surface area contributed by atoms with E-state index < -0.39 is 0 Å². The van der Waals surface area contributed by atoms with Crippen LogP contribution in [-0.4, -0.2) is 64.3 Å². The third-order valence-electron chi connectivity index (χ3n) is 5.28. The molecular weight excluding hydrogens is 354 g/mol. The van der Waals surface area contributed by atoms with Gasteiger partial charge in [-0.1, -0.05) is 0 Å². The number of nitrogens with zero attached hydrogens (tertiary/aromatic N) is 9. The molecule has 0 atom stereocenters. The van der Waals surface area contributed by atoms with Gasteiger partial charge in [0, 0.05) is 30.4 Å². The molecule has 0 N–H and O–H groups in total. The molecule has 1 saturated heterocycles. The molecule has 0 saturated carbocycles. The molecule has 4 aromatic heterocycles. The van der Waals surface area contributed by atoms with Gasteiger partial charge in [0.05, 0.1) is 24.6 Å². The molecule has 9 heteroatoms. The van der Waals surface area contributed by atoms with Crippen LogP contribution in [0.25, 0.3) is 16.9 Å². The Balaban J connectivity index is 1.30. The van der Waals surface area contributed by atoms with Gasteiger partial charge in [-0.2, -0.15) is 24.6 Å². The smallest absolute Gasteiger partial charge is 0.177 e. The maximum atomic E-state index is 4.79. The van der Waals surface area contributed by atoms with Gasteiger partial charge in [-0.25, -0.2) is 0 Å². The molecule has 0 aliphatic carbocycles. The van der Waals surface area contributed by atoms with Gasteiger partial charge in [-0.15, -0.1) is 10.2 Å². The predicted molar refractivity (Wildman–Crippen MR) is 102 cm³/mol. The van der Waals surface area contributed by atoms with E-state index in [4.69, 9.17) is 5.10 Å². The summed E-state index contributed by atoms with van der Waals surface area (Å²) in [5.74, 6) is 1.32. The average Bonchev–Trinajstić information content (AvgIpc) is 3.43. The molecule has 0 bridgehead atoms. The number of hydrogen-bond acceptors (Lipinski definition) is 7. The largest absolute Gasteiger partial charge is 0.301 e. The molecule has 0 radical (unpaired) electrons. The molecule has 4 aromatic rings. The lowest BCUT2D eigenvalue weighted by Crippen LogP contribution is -2.36. The molecule has 0 aromatic carbocycles. The highest BCUT2D eigenvalue weighted by atomic mass is 15.5. The van der Waals surface area contributed by atoms with Gasteiger partial charge in [0.1, 0.15) is 0 Å². The zero-order chi connectivity index (χ0) is 18.8. The van der Waals surface area contributed by atoms with Crippen LogP contribution in [0.15, 0.2) is 49.1 Å². The predicted octanol–water partition coefficient (Wildman–Crippen LogP) is 1.66. The van der Waals surface area contributed by atoms with Crippen molar-refractivity contribution in [2.45, 2.75) is 25.3 Å². The molecule has 5 rings (SSSR count). The monoisotopic (exact) mass is 375 g/mol. The summed E-state index contributed by atoms with van der Waals surface area (Å²) in [4.78, 5) is 8.38. The molecule has 0 unspecified atom stereocenters. The molecule has 0 spiro atoms. The van der Waals surface area contributed by atoms with E-state index in [0.29, 0.717) is 5.92 Å². The van der Waals surface area contributed by atoms with Crippen LogP contribution in [0, 0.1) is 0 Å². The van der Waals surface area contributed by atoms with Gasteiger partial charge in [0.2, 0.25) is 0 Å². The highest BCUT2D eigenvalue weighted by molar-refractivity contribution is 5.58. The number of rotatable bonds is 5. The van der Waals surface area contributed by atoms with Gasteiger partial charge in [0.25, 0.3) is 0 Å². The van der Waals surface area contributed by atoms with Crippen LogP contribution in [-0.2, 0) is 6.54 Å². The van der Waals surface area contributed by atoms with Crippen molar-refractivity contribution >= 4 is 5.65 Å². The highest BCUT2D eigenvalue weighted by Crippen LogP contribution is 2.27. The van der Waals surface area contributed by atoms with Crippen molar-refractivity contribution in [1.29, 1.82) is 0 Å². The maximum absolute atomic E-state index is 4.79. The van der Waals surface area contributed by atoms with Crippen LogP contribution in [0.3, 0.4) is 0 Å². The van der Waals surface area contributed by atoms with Gasteiger partial charge in [-0.05, 0) is 50.2 Å². The van der Waals surface area contributed by atoms with E-state index >= 15 is 0 Å². The fourth-order valence-electron chi connectivity index (χ4n) is 3.73. The third kappa shape index (κ3) is 3.36. The summed E-state index contributed by atoms with van der Waals surface area (Å²) in [5.41, 5.74) is 2.66. The van der Waals surface area contributed by atoms with E-state index in [9.17, 15) is 0 Å². The van der Waals surface area contributed by atoms with E-state index in [0.717, 1.165) is 61.7 Å². The van der Waals surface area contributed by atoms with Crippen molar-refractivity contribution in [3.05, 3.63) is 54.9 Å². The topological polar surface area (TPSA) is 89.9 Å². The van der Waals surface area contributed by atoms with E-state index in [-0.39, 0.29) is 0 Å². The molecule has 1 aliphatic heterocycles. The lowest BCUT2D eigenvalue weighted by Gasteiger charge is -2.30. The summed E-state index contributed by atoms with van der Waals surface area (Å²) in [6.45, 7) is 3.85. The first kappa shape index (κ1) is 16.9. The summed E-state index contributed by atoms with van der Waals surface area (Å²) in [5, 5.41) is 21.9. The Morgan fingerprint density at radius 2 is 1.79 bits per heavy atom. The second-order valence-electron chi connectivity index (χ2n) is 7.03. The average molecular weight is 375 g/mol. The van der Waals surface area contributed by atoms with Crippen molar-refractivity contribution in [2.24, 2.45) is 0 Å². The van der Waals surface area contributed by atoms with E-state index in [1.54, 1.807) is 23.4 Å². The number of piperidine rings is 1. The van der Waals surface area contributed by atoms with Crippen molar-refractivity contribution in [3.63, 3.8) is 0 Å². The molecule has 9 nitrogen and oxygen atoms in total. The zero-order valence-electron chi connectivity index (χ0n) is 15.5. The fraction of sp³-hybridized carbons (Fsp3) is 0.368. The Bertz CT molecular complexity index is 1030. The summed E-state index contributed by atoms with van der Waals surface area (Å²) in [7, 11) is 0. The molecule has 1 fully saturated rings. The molecule has 1 aliphatic rings. The van der Waals surface area contributed by atoms with E-state index in [1.807, 2.05) is 35.0 Å². The van der Waals surface area contributed by atoms with Crippen LogP contribution in [0.5, 0.6) is 0 Å². The number of likely N-dealkylation sites (tertiary alicyclic amines) is 1. The summed E-state index contributed by atoms with van der Waals surface area (Å²) in [6, 6.07) is 7.87. The summed E-state index contributed by atoms with van der Waals surface area (Å²) >= 11 is 0. The van der Waals surface area contributed by atoms with Crippen molar-refractivity contribution in [3.8, 4) is 11.3 Å². The number of hydrogen-bond donors (Lipinski definition) is 0. The van der Waals surface area contributed by atoms with Gasteiger partial charge >= 0.3 is 0 Å². The minimum atomic E-state index is 0.366. The first-order valence-electron chi connectivity index (χ1n) is 9.56. The Labute approximate surface area is 162 Å². The number of pyridine rings is 1. The summed E-state index contributed by atoms with van der Waals surface area (Å²) < 4.78 is 1.90. The van der Waals surface area contributed by atoms with Crippen molar-refractivity contribution < 1.29 is 0 Å². The number of aromatic nitrogens is 8. The van der Waals surface area contributed by atoms with Gasteiger partial charge in [-0.3, -0.25) is 4.98 Å². The first-order chi connectivity index (χ1) is 13.9.